The van der Waals surface area contributed by atoms with Gasteiger partial charge in [0.05, 0.1) is 5.69 Å². The Kier molecular flexibility index (Phi) is 4.60. The summed E-state index contributed by atoms with van der Waals surface area (Å²) < 4.78 is 0. The van der Waals surface area contributed by atoms with Crippen molar-refractivity contribution >= 4 is 23.3 Å². The molecule has 0 aliphatic carbocycles. The number of amides is 3. The molecule has 0 unspecified atom stereocenters. The fourth-order valence-corrected chi connectivity index (χ4v) is 4.30. The summed E-state index contributed by atoms with van der Waals surface area (Å²) in [6, 6.07) is 37.1. The van der Waals surface area contributed by atoms with Crippen molar-refractivity contribution in [3.63, 3.8) is 0 Å². The summed E-state index contributed by atoms with van der Waals surface area (Å²) in [5, 5.41) is 0. The maximum Gasteiger partial charge on any atom is 0.337 e. The van der Waals surface area contributed by atoms with E-state index in [1.165, 1.54) is 4.90 Å². The first-order valence-corrected chi connectivity index (χ1v) is 10.1. The van der Waals surface area contributed by atoms with Crippen LogP contribution in [0.2, 0.25) is 0 Å². The van der Waals surface area contributed by atoms with E-state index in [1.54, 1.807) is 17.0 Å². The van der Waals surface area contributed by atoms with Gasteiger partial charge in [0, 0.05) is 5.69 Å². The van der Waals surface area contributed by atoms with E-state index in [0.29, 0.717) is 11.4 Å². The van der Waals surface area contributed by atoms with Crippen molar-refractivity contribution < 1.29 is 9.59 Å². The fraction of sp³-hybridized carbons (Fsp3) is 0.0370. The van der Waals surface area contributed by atoms with E-state index in [0.717, 1.165) is 11.1 Å². The number of carbonyl (C=O) groups is 2. The Morgan fingerprint density at radius 2 is 0.871 bits per heavy atom. The Morgan fingerprint density at radius 3 is 1.32 bits per heavy atom. The number of rotatable bonds is 4. The highest BCUT2D eigenvalue weighted by Gasteiger charge is 2.60. The number of hydrogen-bond acceptors (Lipinski definition) is 2. The van der Waals surface area contributed by atoms with Crippen LogP contribution in [0.5, 0.6) is 0 Å². The number of carbonyl (C=O) groups excluding carboxylic acids is 2. The first kappa shape index (κ1) is 18.8. The number of anilines is 2. The fourth-order valence-electron chi connectivity index (χ4n) is 4.30. The van der Waals surface area contributed by atoms with Gasteiger partial charge in [-0.2, -0.15) is 0 Å². The Bertz CT molecular complexity index is 1170. The molecule has 31 heavy (non-hydrogen) atoms. The van der Waals surface area contributed by atoms with E-state index in [4.69, 9.17) is 0 Å². The van der Waals surface area contributed by atoms with Crippen LogP contribution in [0.1, 0.15) is 11.1 Å². The number of imide groups is 1. The van der Waals surface area contributed by atoms with Gasteiger partial charge in [0.25, 0.3) is 5.91 Å². The van der Waals surface area contributed by atoms with Crippen LogP contribution in [0.3, 0.4) is 0 Å². The summed E-state index contributed by atoms with van der Waals surface area (Å²) in [6.07, 6.45) is 0. The number of nitrogens with zero attached hydrogens (tertiary/aromatic N) is 2. The molecule has 0 saturated carbocycles. The normalized spacial score (nSPS) is 15.4. The molecule has 0 bridgehead atoms. The first-order chi connectivity index (χ1) is 15.2. The van der Waals surface area contributed by atoms with Crippen LogP contribution in [0, 0.1) is 0 Å². The van der Waals surface area contributed by atoms with Gasteiger partial charge in [-0.25, -0.2) is 9.69 Å². The Morgan fingerprint density at radius 1 is 0.484 bits per heavy atom. The summed E-state index contributed by atoms with van der Waals surface area (Å²) in [4.78, 5) is 31.1. The van der Waals surface area contributed by atoms with Crippen LogP contribution in [0.25, 0.3) is 0 Å². The van der Waals surface area contributed by atoms with Gasteiger partial charge in [0.2, 0.25) is 0 Å². The van der Waals surface area contributed by atoms with Crippen LogP contribution < -0.4 is 9.80 Å². The van der Waals surface area contributed by atoms with Crippen molar-refractivity contribution in [1.29, 1.82) is 0 Å². The standard InChI is InChI=1S/C27H20N2O2/c30-25-27(21-13-5-1-6-14-21,22-15-7-2-8-16-22)29(24-19-11-4-12-20-24)26(31)28(25)23-17-9-3-10-18-23/h1-20H. The maximum absolute atomic E-state index is 14.3. The number of hydrogen-bond donors (Lipinski definition) is 0. The minimum absolute atomic E-state index is 0.301. The minimum Gasteiger partial charge on any atom is -0.270 e. The highest BCUT2D eigenvalue weighted by molar-refractivity contribution is 6.31. The lowest BCUT2D eigenvalue weighted by atomic mass is 9.81. The molecule has 3 amide bonds. The Labute approximate surface area is 181 Å². The first-order valence-electron chi connectivity index (χ1n) is 10.1. The number of benzene rings is 4. The Hall–Kier alpha value is -4.18. The molecule has 4 aromatic rings. The van der Waals surface area contributed by atoms with Crippen LogP contribution in [-0.2, 0) is 10.3 Å². The summed E-state index contributed by atoms with van der Waals surface area (Å²) in [5.41, 5.74) is 1.36. The van der Waals surface area contributed by atoms with E-state index in [-0.39, 0.29) is 11.9 Å². The van der Waals surface area contributed by atoms with Crippen molar-refractivity contribution in [3.8, 4) is 0 Å². The molecule has 4 heteroatoms. The molecule has 4 nitrogen and oxygen atoms in total. The third kappa shape index (κ3) is 2.84. The van der Waals surface area contributed by atoms with Crippen molar-refractivity contribution in [1.82, 2.24) is 0 Å². The lowest BCUT2D eigenvalue weighted by Crippen LogP contribution is -2.48. The zero-order chi connectivity index (χ0) is 21.3. The average Bonchev–Trinajstić information content (AvgIpc) is 3.08. The van der Waals surface area contributed by atoms with Crippen LogP contribution in [0.4, 0.5) is 16.2 Å². The number of urea groups is 1. The van der Waals surface area contributed by atoms with Gasteiger partial charge in [-0.15, -0.1) is 0 Å². The van der Waals surface area contributed by atoms with E-state index >= 15 is 0 Å². The van der Waals surface area contributed by atoms with Crippen molar-refractivity contribution in [2.75, 3.05) is 9.80 Å². The van der Waals surface area contributed by atoms with E-state index in [9.17, 15) is 9.59 Å². The molecule has 0 aromatic heterocycles. The lowest BCUT2D eigenvalue weighted by Gasteiger charge is -2.36. The molecule has 0 N–H and O–H groups in total. The molecule has 5 rings (SSSR count). The summed E-state index contributed by atoms with van der Waals surface area (Å²) in [7, 11) is 0. The predicted octanol–water partition coefficient (Wildman–Crippen LogP) is 5.60. The van der Waals surface area contributed by atoms with Crippen LogP contribution >= 0.6 is 0 Å². The van der Waals surface area contributed by atoms with Gasteiger partial charge < -0.3 is 0 Å². The summed E-state index contributed by atoms with van der Waals surface area (Å²) in [6.45, 7) is 0. The molecule has 1 fully saturated rings. The quantitative estimate of drug-likeness (QED) is 0.415. The molecule has 150 valence electrons. The Balaban J connectivity index is 1.85. The molecule has 0 spiro atoms. The molecule has 1 aliphatic heterocycles. The van der Waals surface area contributed by atoms with E-state index in [1.807, 2.05) is 109 Å². The zero-order valence-corrected chi connectivity index (χ0v) is 16.8. The van der Waals surface area contributed by atoms with E-state index in [2.05, 4.69) is 0 Å². The zero-order valence-electron chi connectivity index (χ0n) is 16.8. The van der Waals surface area contributed by atoms with Crippen molar-refractivity contribution in [2.24, 2.45) is 0 Å². The minimum atomic E-state index is -1.32. The molecule has 1 aliphatic rings. The molecule has 0 radical (unpaired) electrons. The second-order valence-electron chi connectivity index (χ2n) is 7.37. The van der Waals surface area contributed by atoms with Crippen molar-refractivity contribution in [2.45, 2.75) is 5.54 Å². The third-order valence-corrected chi connectivity index (χ3v) is 5.64. The van der Waals surface area contributed by atoms with Crippen LogP contribution in [0.15, 0.2) is 121 Å². The van der Waals surface area contributed by atoms with Crippen LogP contribution in [-0.4, -0.2) is 11.9 Å². The molecule has 4 aromatic carbocycles. The third-order valence-electron chi connectivity index (χ3n) is 5.64. The highest BCUT2D eigenvalue weighted by atomic mass is 16.2. The average molecular weight is 404 g/mol. The summed E-state index contributed by atoms with van der Waals surface area (Å²) >= 11 is 0. The van der Waals surface area contributed by atoms with Crippen molar-refractivity contribution in [3.05, 3.63) is 132 Å². The van der Waals surface area contributed by atoms with Gasteiger partial charge in [-0.05, 0) is 35.4 Å². The van der Waals surface area contributed by atoms with Gasteiger partial charge >= 0.3 is 6.03 Å². The second-order valence-corrected chi connectivity index (χ2v) is 7.37. The summed E-state index contributed by atoms with van der Waals surface area (Å²) in [5.74, 6) is -0.301. The highest BCUT2D eigenvalue weighted by Crippen LogP contribution is 2.46. The van der Waals surface area contributed by atoms with Gasteiger partial charge in [0.1, 0.15) is 0 Å². The topological polar surface area (TPSA) is 40.6 Å². The molecule has 1 heterocycles. The molecule has 0 atom stereocenters. The second kappa shape index (κ2) is 7.58. The molecule has 1 saturated heterocycles. The SMILES string of the molecule is O=C1N(c2ccccc2)C(=O)C(c2ccccc2)(c2ccccc2)N1c1ccccc1. The van der Waals surface area contributed by atoms with Gasteiger partial charge in [-0.1, -0.05) is 97.1 Å². The monoisotopic (exact) mass is 404 g/mol. The lowest BCUT2D eigenvalue weighted by molar-refractivity contribution is -0.120. The van der Waals surface area contributed by atoms with Gasteiger partial charge in [-0.3, -0.25) is 9.69 Å². The van der Waals surface area contributed by atoms with E-state index < -0.39 is 5.54 Å². The number of para-hydroxylation sites is 2. The van der Waals surface area contributed by atoms with Gasteiger partial charge in [0.15, 0.2) is 5.54 Å². The smallest absolute Gasteiger partial charge is 0.270 e. The maximum atomic E-state index is 14.3. The molecular weight excluding hydrogens is 384 g/mol. The largest absolute Gasteiger partial charge is 0.337 e. The molecular formula is C27H20N2O2. The predicted molar refractivity (Wildman–Crippen MR) is 122 cm³/mol.